The Morgan fingerprint density at radius 1 is 0.829 bits per heavy atom. The van der Waals surface area contributed by atoms with E-state index in [-0.39, 0.29) is 5.91 Å². The van der Waals surface area contributed by atoms with Gasteiger partial charge in [-0.05, 0) is 46.2 Å². The molecule has 0 aliphatic rings. The molecule has 35 heavy (non-hydrogen) atoms. The monoisotopic (exact) mass is 460 g/mol. The molecule has 1 heterocycles. The van der Waals surface area contributed by atoms with Crippen molar-refractivity contribution in [1.29, 1.82) is 0 Å². The van der Waals surface area contributed by atoms with E-state index in [1.807, 2.05) is 91.0 Å². The summed E-state index contributed by atoms with van der Waals surface area (Å²) < 4.78 is 5.91. The largest absolute Gasteiger partial charge is 0.489 e. The van der Waals surface area contributed by atoms with Crippen molar-refractivity contribution in [3.63, 3.8) is 0 Å². The minimum Gasteiger partial charge on any atom is -0.489 e. The molecule has 0 fully saturated rings. The zero-order valence-corrected chi connectivity index (χ0v) is 19.0. The highest BCUT2D eigenvalue weighted by Crippen LogP contribution is 2.24. The van der Waals surface area contributed by atoms with Gasteiger partial charge in [0.25, 0.3) is 5.91 Å². The van der Waals surface area contributed by atoms with Crippen LogP contribution in [0.5, 0.6) is 5.75 Å². The van der Waals surface area contributed by atoms with Crippen LogP contribution in [0.25, 0.3) is 27.7 Å². The fraction of sp³-hybridized carbons (Fsp3) is 0.0345. The average Bonchev–Trinajstić information content (AvgIpc) is 3.41. The Kier molecular flexibility index (Phi) is 6.26. The summed E-state index contributed by atoms with van der Waals surface area (Å²) in [7, 11) is 0. The van der Waals surface area contributed by atoms with Crippen LogP contribution in [-0.4, -0.2) is 16.1 Å². The highest BCUT2D eigenvalue weighted by molar-refractivity contribution is 5.94. The molecule has 0 spiro atoms. The van der Waals surface area contributed by atoms with E-state index < -0.39 is 0 Å². The fourth-order valence-electron chi connectivity index (χ4n) is 3.72. The molecule has 0 aliphatic carbocycles. The molecule has 5 aromatic rings. The summed E-state index contributed by atoms with van der Waals surface area (Å²) in [5, 5.41) is 9.34. The van der Waals surface area contributed by atoms with Crippen molar-refractivity contribution in [2.45, 2.75) is 6.61 Å². The third kappa shape index (κ3) is 5.23. The summed E-state index contributed by atoms with van der Waals surface area (Å²) in [5.41, 5.74) is 9.96. The van der Waals surface area contributed by atoms with E-state index in [1.54, 1.807) is 6.07 Å². The first-order valence-electron chi connectivity index (χ1n) is 11.2. The van der Waals surface area contributed by atoms with Crippen molar-refractivity contribution in [2.24, 2.45) is 0 Å². The molecule has 0 radical (unpaired) electrons. The summed E-state index contributed by atoms with van der Waals surface area (Å²) in [6.07, 6.45) is 0. The van der Waals surface area contributed by atoms with Crippen molar-refractivity contribution >= 4 is 22.4 Å². The lowest BCUT2D eigenvalue weighted by atomic mass is 10.1. The van der Waals surface area contributed by atoms with Gasteiger partial charge in [0.1, 0.15) is 18.1 Å². The number of amides is 1. The van der Waals surface area contributed by atoms with Crippen LogP contribution >= 0.6 is 0 Å². The maximum Gasteiger partial charge on any atom is 0.287 e. The predicted molar refractivity (Wildman–Crippen MR) is 138 cm³/mol. The number of nitrogens with one attached hydrogen (secondary N) is 3. The molecule has 172 valence electrons. The Morgan fingerprint density at radius 2 is 1.63 bits per heavy atom. The number of hydrogen-bond acceptors (Lipinski definition) is 4. The van der Waals surface area contributed by atoms with Crippen molar-refractivity contribution in [3.05, 3.63) is 127 Å². The Morgan fingerprint density at radius 3 is 2.49 bits per heavy atom. The molecule has 5 rings (SSSR count). The number of aromatic amines is 1. The summed E-state index contributed by atoms with van der Waals surface area (Å²) >= 11 is 0. The van der Waals surface area contributed by atoms with Crippen LogP contribution in [0.15, 0.2) is 110 Å². The molecule has 0 bridgehead atoms. The molecule has 6 nitrogen and oxygen atoms in total. The molecule has 0 atom stereocenters. The number of fused-ring (bicyclic) bond motifs is 1. The van der Waals surface area contributed by atoms with Crippen molar-refractivity contribution < 1.29 is 9.53 Å². The average molecular weight is 461 g/mol. The molecule has 0 unspecified atom stereocenters. The van der Waals surface area contributed by atoms with Gasteiger partial charge >= 0.3 is 0 Å². The third-order valence-corrected chi connectivity index (χ3v) is 5.63. The van der Waals surface area contributed by atoms with E-state index in [4.69, 9.17) is 4.74 Å². The summed E-state index contributed by atoms with van der Waals surface area (Å²) in [6.45, 7) is 4.51. The zero-order valence-electron chi connectivity index (χ0n) is 19.0. The van der Waals surface area contributed by atoms with Crippen LogP contribution in [0.3, 0.4) is 0 Å². The Bertz CT molecular complexity index is 1490. The number of hydrazine groups is 1. The second kappa shape index (κ2) is 9.97. The van der Waals surface area contributed by atoms with E-state index in [0.717, 1.165) is 33.2 Å². The fourth-order valence-corrected chi connectivity index (χ4v) is 3.72. The highest BCUT2D eigenvalue weighted by Gasteiger charge is 2.12. The van der Waals surface area contributed by atoms with Crippen LogP contribution in [0.4, 0.5) is 0 Å². The van der Waals surface area contributed by atoms with Crippen molar-refractivity contribution in [1.82, 2.24) is 21.0 Å². The van der Waals surface area contributed by atoms with Gasteiger partial charge in [0.15, 0.2) is 0 Å². The number of hydrogen-bond donors (Lipinski definition) is 3. The van der Waals surface area contributed by atoms with Crippen molar-refractivity contribution in [3.8, 4) is 17.0 Å². The van der Waals surface area contributed by atoms with E-state index in [9.17, 15) is 4.79 Å². The smallest absolute Gasteiger partial charge is 0.287 e. The molecule has 0 saturated carbocycles. The number of nitrogens with zero attached hydrogens (tertiary/aromatic N) is 1. The molecule has 1 aromatic heterocycles. The molecule has 3 N–H and O–H groups in total. The number of H-pyrrole nitrogens is 1. The second-order valence-corrected chi connectivity index (χ2v) is 8.09. The van der Waals surface area contributed by atoms with E-state index in [0.29, 0.717) is 23.7 Å². The first-order valence-corrected chi connectivity index (χ1v) is 11.2. The standard InChI is InChI=1S/C29H24N4O2/c1-20(23-15-14-22-10-5-6-11-24(22)16-23)30-33-29(34)28-18-27(31-32-28)25-12-7-13-26(17-25)35-19-21-8-3-2-4-9-21/h2-18,30H,1,19H2,(H,31,32)(H,33,34). The molecule has 0 aliphatic heterocycles. The highest BCUT2D eigenvalue weighted by atomic mass is 16.5. The van der Waals surface area contributed by atoms with Gasteiger partial charge < -0.3 is 4.74 Å². The van der Waals surface area contributed by atoms with Crippen molar-refractivity contribution in [2.75, 3.05) is 0 Å². The van der Waals surface area contributed by atoms with Gasteiger partial charge in [-0.2, -0.15) is 5.10 Å². The number of carbonyl (C=O) groups is 1. The normalized spacial score (nSPS) is 10.6. The Labute approximate surface area is 203 Å². The Balaban J connectivity index is 1.21. The molecule has 1 amide bonds. The minimum absolute atomic E-state index is 0.328. The molecule has 4 aromatic carbocycles. The summed E-state index contributed by atoms with van der Waals surface area (Å²) in [5.74, 6) is 0.385. The number of rotatable bonds is 8. The number of carbonyl (C=O) groups excluding carboxylic acids is 1. The van der Waals surface area contributed by atoms with E-state index in [2.05, 4.69) is 33.7 Å². The molecule has 6 heteroatoms. The first kappa shape index (κ1) is 22.0. The molecular formula is C29H24N4O2. The zero-order chi connectivity index (χ0) is 24.0. The summed E-state index contributed by atoms with van der Waals surface area (Å²) in [6, 6.07) is 33.4. The lowest BCUT2D eigenvalue weighted by Crippen LogP contribution is -2.36. The second-order valence-electron chi connectivity index (χ2n) is 8.09. The number of aromatic nitrogens is 2. The predicted octanol–water partition coefficient (Wildman–Crippen LogP) is 5.71. The first-order chi connectivity index (χ1) is 17.2. The van der Waals surface area contributed by atoms with Crippen LogP contribution in [0.2, 0.25) is 0 Å². The van der Waals surface area contributed by atoms with Gasteiger partial charge in [-0.25, -0.2) is 0 Å². The molecular weight excluding hydrogens is 436 g/mol. The number of ether oxygens (including phenoxy) is 1. The maximum atomic E-state index is 12.7. The van der Waals surface area contributed by atoms with Gasteiger partial charge in [-0.1, -0.05) is 85.4 Å². The minimum atomic E-state index is -0.345. The lowest BCUT2D eigenvalue weighted by molar-refractivity contribution is 0.0937. The van der Waals surface area contributed by atoms with E-state index >= 15 is 0 Å². The maximum absolute atomic E-state index is 12.7. The lowest BCUT2D eigenvalue weighted by Gasteiger charge is -2.11. The quantitative estimate of drug-likeness (QED) is 0.259. The Hall–Kier alpha value is -4.84. The topological polar surface area (TPSA) is 79.0 Å². The third-order valence-electron chi connectivity index (χ3n) is 5.63. The van der Waals surface area contributed by atoms with Crippen LogP contribution in [0, 0.1) is 0 Å². The van der Waals surface area contributed by atoms with Gasteiger partial charge in [-0.3, -0.25) is 20.7 Å². The SMILES string of the molecule is C=C(NNC(=O)c1cc(-c2cccc(OCc3ccccc3)c2)n[nH]1)c1ccc2ccccc2c1. The van der Waals surface area contributed by atoms with Gasteiger partial charge in [0.2, 0.25) is 0 Å². The number of benzene rings is 4. The van der Waals surface area contributed by atoms with Crippen LogP contribution in [0.1, 0.15) is 21.6 Å². The molecule has 0 saturated heterocycles. The van der Waals surface area contributed by atoms with E-state index in [1.165, 1.54) is 0 Å². The van der Waals surface area contributed by atoms with Gasteiger partial charge in [0.05, 0.1) is 11.4 Å². The van der Waals surface area contributed by atoms with Gasteiger partial charge in [-0.15, -0.1) is 0 Å². The van der Waals surface area contributed by atoms with Crippen LogP contribution in [-0.2, 0) is 6.61 Å². The van der Waals surface area contributed by atoms with Gasteiger partial charge in [0, 0.05) is 5.56 Å². The summed E-state index contributed by atoms with van der Waals surface area (Å²) in [4.78, 5) is 12.7. The van der Waals surface area contributed by atoms with Crippen LogP contribution < -0.4 is 15.6 Å².